The van der Waals surface area contributed by atoms with Crippen LogP contribution in [0.25, 0.3) is 10.9 Å². The van der Waals surface area contributed by atoms with E-state index in [2.05, 4.69) is 54.1 Å². The van der Waals surface area contributed by atoms with Crippen molar-refractivity contribution >= 4 is 22.5 Å². The number of hydrogen-bond acceptors (Lipinski definition) is 1. The number of nitrogens with one attached hydrogen (secondary N) is 1. The fraction of sp³-hybridized carbons (Fsp3) is 0.160. The number of carbonyl (C=O) groups excluding carboxylic acids is 1. The minimum absolute atomic E-state index is 0.0796. The Morgan fingerprint density at radius 3 is 2.36 bits per heavy atom. The van der Waals surface area contributed by atoms with Crippen molar-refractivity contribution in [3.63, 3.8) is 0 Å². The quantitative estimate of drug-likeness (QED) is 0.480. The summed E-state index contributed by atoms with van der Waals surface area (Å²) in [6.07, 6.45) is 0. The second kappa shape index (κ2) is 7.35. The maximum Gasteiger partial charge on any atom is 0.255 e. The van der Waals surface area contributed by atoms with Crippen LogP contribution in [0.15, 0.2) is 72.8 Å². The van der Waals surface area contributed by atoms with Gasteiger partial charge in [0.25, 0.3) is 5.91 Å². The Bertz CT molecular complexity index is 1160. The van der Waals surface area contributed by atoms with Crippen molar-refractivity contribution in [3.8, 4) is 0 Å². The van der Waals surface area contributed by atoms with Crippen LogP contribution >= 0.6 is 0 Å². The number of hydrogen-bond donors (Lipinski definition) is 1. The van der Waals surface area contributed by atoms with Crippen molar-refractivity contribution in [2.75, 3.05) is 5.32 Å². The average molecular weight is 368 g/mol. The van der Waals surface area contributed by atoms with E-state index in [0.717, 1.165) is 28.7 Å². The summed E-state index contributed by atoms with van der Waals surface area (Å²) in [5, 5.41) is 4.16. The summed E-state index contributed by atoms with van der Waals surface area (Å²) in [4.78, 5) is 12.8. The van der Waals surface area contributed by atoms with Gasteiger partial charge in [-0.3, -0.25) is 4.79 Å². The lowest BCUT2D eigenvalue weighted by Gasteiger charge is -2.10. The Balaban J connectivity index is 1.69. The zero-order valence-electron chi connectivity index (χ0n) is 16.5. The summed E-state index contributed by atoms with van der Waals surface area (Å²) in [5.74, 6) is -0.0796. The summed E-state index contributed by atoms with van der Waals surface area (Å²) >= 11 is 0. The third-order valence-electron chi connectivity index (χ3n) is 5.48. The number of aromatic nitrogens is 1. The van der Waals surface area contributed by atoms with Crippen molar-refractivity contribution < 1.29 is 4.79 Å². The maximum absolute atomic E-state index is 12.8. The second-order valence-corrected chi connectivity index (χ2v) is 7.28. The molecule has 3 aromatic carbocycles. The zero-order valence-corrected chi connectivity index (χ0v) is 16.5. The van der Waals surface area contributed by atoms with Gasteiger partial charge < -0.3 is 9.88 Å². The molecule has 28 heavy (non-hydrogen) atoms. The van der Waals surface area contributed by atoms with Crippen LogP contribution in [-0.2, 0) is 6.54 Å². The topological polar surface area (TPSA) is 34.0 Å². The van der Waals surface area contributed by atoms with Crippen LogP contribution in [-0.4, -0.2) is 10.5 Å². The van der Waals surface area contributed by atoms with Gasteiger partial charge in [-0.2, -0.15) is 0 Å². The number of fused-ring (bicyclic) bond motifs is 1. The van der Waals surface area contributed by atoms with Gasteiger partial charge >= 0.3 is 0 Å². The summed E-state index contributed by atoms with van der Waals surface area (Å²) in [6, 6.07) is 24.3. The first-order valence-electron chi connectivity index (χ1n) is 9.55. The Morgan fingerprint density at radius 1 is 0.893 bits per heavy atom. The van der Waals surface area contributed by atoms with E-state index in [1.165, 1.54) is 16.8 Å². The van der Waals surface area contributed by atoms with Crippen molar-refractivity contribution in [1.82, 2.24) is 4.57 Å². The number of para-hydroxylation sites is 1. The number of amides is 1. The fourth-order valence-corrected chi connectivity index (χ4v) is 3.67. The van der Waals surface area contributed by atoms with E-state index in [9.17, 15) is 4.79 Å². The summed E-state index contributed by atoms with van der Waals surface area (Å²) in [5.41, 5.74) is 7.46. The van der Waals surface area contributed by atoms with Gasteiger partial charge in [-0.15, -0.1) is 0 Å². The molecular weight excluding hydrogens is 344 g/mol. The first kappa shape index (κ1) is 18.1. The van der Waals surface area contributed by atoms with Crippen LogP contribution in [0.1, 0.15) is 32.7 Å². The van der Waals surface area contributed by atoms with Crippen molar-refractivity contribution in [2.24, 2.45) is 0 Å². The highest BCUT2D eigenvalue weighted by atomic mass is 16.1. The summed E-state index contributed by atoms with van der Waals surface area (Å²) in [7, 11) is 0. The second-order valence-electron chi connectivity index (χ2n) is 7.28. The lowest BCUT2D eigenvalue weighted by molar-refractivity contribution is 0.102. The van der Waals surface area contributed by atoms with Crippen LogP contribution in [0.3, 0.4) is 0 Å². The minimum Gasteiger partial charge on any atom is -0.340 e. The molecule has 4 aromatic rings. The van der Waals surface area contributed by atoms with Crippen LogP contribution < -0.4 is 5.32 Å². The number of aryl methyl sites for hydroxylation is 2. The van der Waals surface area contributed by atoms with E-state index in [1.807, 2.05) is 49.4 Å². The molecule has 0 saturated heterocycles. The summed E-state index contributed by atoms with van der Waals surface area (Å²) < 4.78 is 2.32. The van der Waals surface area contributed by atoms with Crippen LogP contribution in [0, 0.1) is 20.8 Å². The van der Waals surface area contributed by atoms with Crippen molar-refractivity contribution in [2.45, 2.75) is 27.3 Å². The van der Waals surface area contributed by atoms with Crippen molar-refractivity contribution in [3.05, 3.63) is 101 Å². The normalized spacial score (nSPS) is 11.0. The molecule has 3 heteroatoms. The molecule has 0 saturated carbocycles. The minimum atomic E-state index is -0.0796. The Hall–Kier alpha value is -3.33. The standard InChI is InChI=1S/C25H24N2O/c1-17-9-7-8-12-23(17)26-25(28)21-13-14-24-22(15-21)18(2)19(3)27(24)16-20-10-5-4-6-11-20/h4-15H,16H2,1-3H3,(H,26,28). The molecule has 0 aliphatic rings. The molecule has 0 bridgehead atoms. The lowest BCUT2D eigenvalue weighted by Crippen LogP contribution is -2.12. The maximum atomic E-state index is 12.8. The van der Waals surface area contributed by atoms with Crippen LogP contribution in [0.2, 0.25) is 0 Å². The largest absolute Gasteiger partial charge is 0.340 e. The molecule has 1 N–H and O–H groups in total. The Kier molecular flexibility index (Phi) is 4.74. The van der Waals surface area contributed by atoms with Gasteiger partial charge in [0.2, 0.25) is 0 Å². The molecule has 4 rings (SSSR count). The van der Waals surface area contributed by atoms with E-state index in [0.29, 0.717) is 5.56 Å². The first-order chi connectivity index (χ1) is 13.5. The third-order valence-corrected chi connectivity index (χ3v) is 5.48. The van der Waals surface area contributed by atoms with Gasteiger partial charge in [0.1, 0.15) is 0 Å². The number of rotatable bonds is 4. The molecular formula is C25H24N2O. The van der Waals surface area contributed by atoms with Crippen LogP contribution in [0.4, 0.5) is 5.69 Å². The Labute approximate surface area is 165 Å². The predicted molar refractivity (Wildman–Crippen MR) is 116 cm³/mol. The molecule has 0 atom stereocenters. The molecule has 0 aliphatic carbocycles. The molecule has 0 spiro atoms. The molecule has 0 aliphatic heterocycles. The third kappa shape index (κ3) is 3.31. The molecule has 0 unspecified atom stereocenters. The van der Waals surface area contributed by atoms with Crippen LogP contribution in [0.5, 0.6) is 0 Å². The number of carbonyl (C=O) groups is 1. The molecule has 1 aromatic heterocycles. The number of nitrogens with zero attached hydrogens (tertiary/aromatic N) is 1. The first-order valence-corrected chi connectivity index (χ1v) is 9.55. The zero-order chi connectivity index (χ0) is 19.7. The number of anilines is 1. The SMILES string of the molecule is Cc1ccccc1NC(=O)c1ccc2c(c1)c(C)c(C)n2Cc1ccccc1. The van der Waals surface area contributed by atoms with E-state index < -0.39 is 0 Å². The van der Waals surface area contributed by atoms with Gasteiger partial charge in [-0.1, -0.05) is 48.5 Å². The molecule has 0 fully saturated rings. The van der Waals surface area contributed by atoms with Gasteiger partial charge in [0.05, 0.1) is 0 Å². The molecule has 1 amide bonds. The predicted octanol–water partition coefficient (Wildman–Crippen LogP) is 5.87. The van der Waals surface area contributed by atoms with Gasteiger partial charge in [0, 0.05) is 34.4 Å². The highest BCUT2D eigenvalue weighted by Gasteiger charge is 2.14. The van der Waals surface area contributed by atoms with Gasteiger partial charge in [-0.25, -0.2) is 0 Å². The fourth-order valence-electron chi connectivity index (χ4n) is 3.67. The molecule has 140 valence electrons. The highest BCUT2D eigenvalue weighted by molar-refractivity contribution is 6.07. The van der Waals surface area contributed by atoms with E-state index >= 15 is 0 Å². The van der Waals surface area contributed by atoms with E-state index in [1.54, 1.807) is 0 Å². The molecule has 3 nitrogen and oxygen atoms in total. The number of benzene rings is 3. The summed E-state index contributed by atoms with van der Waals surface area (Å²) in [6.45, 7) is 7.09. The average Bonchev–Trinajstić information content (AvgIpc) is 2.95. The van der Waals surface area contributed by atoms with E-state index in [-0.39, 0.29) is 5.91 Å². The smallest absolute Gasteiger partial charge is 0.255 e. The Morgan fingerprint density at radius 2 is 1.61 bits per heavy atom. The lowest BCUT2D eigenvalue weighted by atomic mass is 10.1. The monoisotopic (exact) mass is 368 g/mol. The van der Waals surface area contributed by atoms with Gasteiger partial charge in [-0.05, 0) is 61.7 Å². The van der Waals surface area contributed by atoms with E-state index in [4.69, 9.17) is 0 Å². The highest BCUT2D eigenvalue weighted by Crippen LogP contribution is 2.27. The molecule has 0 radical (unpaired) electrons. The van der Waals surface area contributed by atoms with Crippen molar-refractivity contribution in [1.29, 1.82) is 0 Å². The molecule has 1 heterocycles. The van der Waals surface area contributed by atoms with Gasteiger partial charge in [0.15, 0.2) is 0 Å².